The Labute approximate surface area is 156 Å². The summed E-state index contributed by atoms with van der Waals surface area (Å²) < 4.78 is 4.79. The number of quaternary nitrogens is 1. The van der Waals surface area contributed by atoms with Gasteiger partial charge in [-0.1, -0.05) is 29.3 Å². The number of carbonyl (C=O) groups is 2. The number of carbonyl (C=O) groups excluding carboxylic acids is 2. The molecule has 1 aliphatic rings. The predicted molar refractivity (Wildman–Crippen MR) is 96.8 cm³/mol. The maximum Gasteiger partial charge on any atom is 0.324 e. The quantitative estimate of drug-likeness (QED) is 0.743. The molecule has 0 aliphatic carbocycles. The molecule has 0 spiro atoms. The van der Waals surface area contributed by atoms with Crippen molar-refractivity contribution in [2.75, 3.05) is 32.5 Å². The first-order valence-electron chi connectivity index (χ1n) is 7.68. The number of benzene rings is 1. The van der Waals surface area contributed by atoms with Gasteiger partial charge >= 0.3 is 5.97 Å². The summed E-state index contributed by atoms with van der Waals surface area (Å²) in [5, 5.41) is 3.84. The minimum absolute atomic E-state index is 0.0703. The maximum absolute atomic E-state index is 12.3. The second kappa shape index (κ2) is 8.94. The van der Waals surface area contributed by atoms with E-state index in [1.54, 1.807) is 23.9 Å². The number of nitrogens with one attached hydrogen (secondary N) is 2. The number of hydrogen-bond donors (Lipinski definition) is 2. The molecule has 1 fully saturated rings. The van der Waals surface area contributed by atoms with Gasteiger partial charge in [0.05, 0.1) is 19.7 Å². The number of thioether (sulfide) groups is 1. The first-order chi connectivity index (χ1) is 11.4. The van der Waals surface area contributed by atoms with Crippen molar-refractivity contribution in [2.24, 2.45) is 0 Å². The molecule has 0 radical (unpaired) electrons. The van der Waals surface area contributed by atoms with Crippen LogP contribution < -0.4 is 10.2 Å². The van der Waals surface area contributed by atoms with E-state index in [1.807, 2.05) is 13.0 Å². The molecule has 1 saturated heterocycles. The second-order valence-electron chi connectivity index (χ2n) is 5.72. The molecule has 1 heterocycles. The molecule has 1 amide bonds. The maximum atomic E-state index is 12.3. The molecule has 0 bridgehead atoms. The second-order valence-corrected chi connectivity index (χ2v) is 7.87. The number of hydrogen-bond acceptors (Lipinski definition) is 4. The monoisotopic (exact) mass is 391 g/mol. The number of ether oxygens (including phenoxy) is 1. The fourth-order valence-electron chi connectivity index (χ4n) is 2.66. The van der Waals surface area contributed by atoms with Crippen LogP contribution in [0.1, 0.15) is 18.5 Å². The summed E-state index contributed by atoms with van der Waals surface area (Å²) in [6.45, 7) is 3.65. The zero-order chi connectivity index (χ0) is 17.7. The summed E-state index contributed by atoms with van der Waals surface area (Å²) >= 11 is 13.7. The van der Waals surface area contributed by atoms with Crippen LogP contribution in [0.25, 0.3) is 0 Å². The Morgan fingerprint density at radius 1 is 1.46 bits per heavy atom. The van der Waals surface area contributed by atoms with E-state index < -0.39 is 0 Å². The summed E-state index contributed by atoms with van der Waals surface area (Å²) in [7, 11) is 1.39. The molecule has 2 N–H and O–H groups in total. The number of methoxy groups -OCH3 is 1. The predicted octanol–water partition coefficient (Wildman–Crippen LogP) is 1.34. The lowest BCUT2D eigenvalue weighted by atomic mass is 10.1. The molecule has 0 saturated carbocycles. The van der Waals surface area contributed by atoms with E-state index in [-0.39, 0.29) is 23.2 Å². The lowest BCUT2D eigenvalue weighted by Crippen LogP contribution is -3.15. The Morgan fingerprint density at radius 2 is 2.21 bits per heavy atom. The molecular formula is C16H21Cl2N2O3S+. The van der Waals surface area contributed by atoms with Crippen LogP contribution in [0.4, 0.5) is 0 Å². The highest BCUT2D eigenvalue weighted by molar-refractivity contribution is 8.00. The highest BCUT2D eigenvalue weighted by Crippen LogP contribution is 2.25. The lowest BCUT2D eigenvalue weighted by molar-refractivity contribution is -0.889. The molecular weight excluding hydrogens is 371 g/mol. The van der Waals surface area contributed by atoms with Gasteiger partial charge in [0, 0.05) is 15.8 Å². The Morgan fingerprint density at radius 3 is 2.88 bits per heavy atom. The van der Waals surface area contributed by atoms with Crippen molar-refractivity contribution in [3.63, 3.8) is 0 Å². The van der Waals surface area contributed by atoms with Crippen LogP contribution in [-0.4, -0.2) is 49.6 Å². The van der Waals surface area contributed by atoms with E-state index in [0.717, 1.165) is 22.8 Å². The van der Waals surface area contributed by atoms with Gasteiger partial charge in [0.25, 0.3) is 5.91 Å². The van der Waals surface area contributed by atoms with E-state index in [1.165, 1.54) is 7.11 Å². The van der Waals surface area contributed by atoms with Crippen molar-refractivity contribution >= 4 is 46.8 Å². The Balaban J connectivity index is 1.89. The van der Waals surface area contributed by atoms with E-state index in [2.05, 4.69) is 5.32 Å². The highest BCUT2D eigenvalue weighted by atomic mass is 35.5. The zero-order valence-electron chi connectivity index (χ0n) is 13.6. The molecule has 24 heavy (non-hydrogen) atoms. The average molecular weight is 392 g/mol. The Hall–Kier alpha value is -0.950. The first kappa shape index (κ1) is 19.4. The molecule has 2 rings (SSSR count). The van der Waals surface area contributed by atoms with Crippen molar-refractivity contribution in [1.82, 2.24) is 5.32 Å². The average Bonchev–Trinajstić information content (AvgIpc) is 2.53. The normalized spacial score (nSPS) is 21.8. The Bertz CT molecular complexity index is 615. The number of esters is 1. The van der Waals surface area contributed by atoms with Crippen LogP contribution in [0, 0.1) is 0 Å². The van der Waals surface area contributed by atoms with Crippen LogP contribution in [0.5, 0.6) is 0 Å². The smallest absolute Gasteiger partial charge is 0.324 e. The van der Waals surface area contributed by atoms with Gasteiger partial charge in [-0.3, -0.25) is 9.59 Å². The summed E-state index contributed by atoms with van der Waals surface area (Å²) in [5.41, 5.74) is 0.825. The van der Waals surface area contributed by atoms with Gasteiger partial charge in [0.1, 0.15) is 6.54 Å². The SMILES string of the molecule is COC(=O)[C@@H]1C[NH+](CC(=O)N[C@@H](C)c2ccc(Cl)cc2Cl)CCS1. The minimum Gasteiger partial charge on any atom is -0.468 e. The highest BCUT2D eigenvalue weighted by Gasteiger charge is 2.31. The van der Waals surface area contributed by atoms with Crippen molar-refractivity contribution < 1.29 is 19.2 Å². The van der Waals surface area contributed by atoms with Crippen molar-refractivity contribution in [1.29, 1.82) is 0 Å². The van der Waals surface area contributed by atoms with Crippen LogP contribution in [0.2, 0.25) is 10.0 Å². The molecule has 1 aromatic carbocycles. The Kier molecular flexibility index (Phi) is 7.22. The van der Waals surface area contributed by atoms with Gasteiger partial charge in [-0.25, -0.2) is 0 Å². The van der Waals surface area contributed by atoms with Crippen molar-refractivity contribution in [3.05, 3.63) is 33.8 Å². The summed E-state index contributed by atoms with van der Waals surface area (Å²) in [6.07, 6.45) is 0. The topological polar surface area (TPSA) is 59.8 Å². The number of rotatable bonds is 5. The van der Waals surface area contributed by atoms with Crippen LogP contribution in [-0.2, 0) is 14.3 Å². The largest absolute Gasteiger partial charge is 0.468 e. The fourth-order valence-corrected chi connectivity index (χ4v) is 4.51. The lowest BCUT2D eigenvalue weighted by Gasteiger charge is -2.28. The third-order valence-electron chi connectivity index (χ3n) is 3.93. The molecule has 1 aromatic rings. The third-order valence-corrected chi connectivity index (χ3v) is 5.69. The molecule has 5 nitrogen and oxygen atoms in total. The fraction of sp³-hybridized carbons (Fsp3) is 0.500. The van der Waals surface area contributed by atoms with Crippen LogP contribution in [0.15, 0.2) is 18.2 Å². The summed E-state index contributed by atoms with van der Waals surface area (Å²) in [5.74, 6) is 0.541. The van der Waals surface area contributed by atoms with Gasteiger partial charge in [-0.2, -0.15) is 0 Å². The summed E-state index contributed by atoms with van der Waals surface area (Å²) in [6, 6.07) is 5.01. The zero-order valence-corrected chi connectivity index (χ0v) is 15.9. The van der Waals surface area contributed by atoms with E-state index in [4.69, 9.17) is 27.9 Å². The summed E-state index contributed by atoms with van der Waals surface area (Å²) in [4.78, 5) is 25.0. The van der Waals surface area contributed by atoms with Crippen molar-refractivity contribution in [3.8, 4) is 0 Å². The molecule has 132 valence electrons. The molecule has 1 aliphatic heterocycles. The van der Waals surface area contributed by atoms with Gasteiger partial charge in [0.15, 0.2) is 11.8 Å². The van der Waals surface area contributed by atoms with E-state index in [0.29, 0.717) is 23.1 Å². The van der Waals surface area contributed by atoms with E-state index in [9.17, 15) is 9.59 Å². The van der Waals surface area contributed by atoms with Gasteiger partial charge in [-0.05, 0) is 24.6 Å². The standard InChI is InChI=1S/C16H20Cl2N2O3S/c1-10(12-4-3-11(17)7-13(12)18)19-15(21)9-20-5-6-24-14(8-20)16(22)23-2/h3-4,7,10,14H,5-6,8-9H2,1-2H3,(H,19,21)/p+1/t10-,14-/m0/s1. The third kappa shape index (κ3) is 5.28. The van der Waals surface area contributed by atoms with Gasteiger partial charge in [0.2, 0.25) is 0 Å². The molecule has 3 atom stereocenters. The minimum atomic E-state index is -0.223. The molecule has 8 heteroatoms. The van der Waals surface area contributed by atoms with Gasteiger partial charge < -0.3 is 15.0 Å². The number of halogens is 2. The van der Waals surface area contributed by atoms with Crippen molar-refractivity contribution in [2.45, 2.75) is 18.2 Å². The van der Waals surface area contributed by atoms with Gasteiger partial charge in [-0.15, -0.1) is 11.8 Å². The first-order valence-corrected chi connectivity index (χ1v) is 9.48. The molecule has 1 unspecified atom stereocenters. The van der Waals surface area contributed by atoms with E-state index >= 15 is 0 Å². The molecule has 0 aromatic heterocycles. The van der Waals surface area contributed by atoms with Crippen LogP contribution >= 0.6 is 35.0 Å². The number of amides is 1. The van der Waals surface area contributed by atoms with Crippen LogP contribution in [0.3, 0.4) is 0 Å².